The lowest BCUT2D eigenvalue weighted by Crippen LogP contribution is -2.22. The Morgan fingerprint density at radius 3 is 2.44 bits per heavy atom. The Hall–Kier alpha value is -2.91. The Bertz CT molecular complexity index is 1510. The molecule has 0 atom stereocenters. The third-order valence-corrected chi connectivity index (χ3v) is 8.18. The lowest BCUT2D eigenvalue weighted by molar-refractivity contribution is -0.142. The van der Waals surface area contributed by atoms with Crippen LogP contribution in [0.15, 0.2) is 22.7 Å². The normalized spacial score (nSPS) is 12.0. The monoisotopic (exact) mass is 607 g/mol. The van der Waals surface area contributed by atoms with Gasteiger partial charge >= 0.3 is 6.18 Å². The number of anilines is 1. The Labute approximate surface area is 216 Å². The minimum atomic E-state index is -4.74. The number of pyridine rings is 1. The first-order valence-corrected chi connectivity index (χ1v) is 12.4. The number of aromatic nitrogens is 3. The van der Waals surface area contributed by atoms with Gasteiger partial charge in [0.2, 0.25) is 5.91 Å². The molecule has 0 radical (unpaired) electrons. The number of primary amides is 1. The summed E-state index contributed by atoms with van der Waals surface area (Å²) in [5.41, 5.74) is 4.10. The van der Waals surface area contributed by atoms with Gasteiger partial charge in [-0.15, -0.1) is 22.7 Å². The average Bonchev–Trinajstić information content (AvgIpc) is 3.45. The van der Waals surface area contributed by atoms with E-state index >= 15 is 0 Å². The molecule has 190 valence electrons. The summed E-state index contributed by atoms with van der Waals surface area (Å²) in [7, 11) is 0. The number of nitrogens with two attached hydrogens (primary N) is 1. The summed E-state index contributed by atoms with van der Waals surface area (Å²) in [5, 5.41) is 6.21. The van der Waals surface area contributed by atoms with Crippen molar-refractivity contribution in [2.24, 2.45) is 5.73 Å². The molecule has 0 unspecified atom stereocenters. The number of alkyl halides is 5. The predicted molar refractivity (Wildman–Crippen MR) is 129 cm³/mol. The molecule has 0 spiro atoms. The summed E-state index contributed by atoms with van der Waals surface area (Å²) < 4.78 is 67.2. The van der Waals surface area contributed by atoms with Gasteiger partial charge in [0.05, 0.1) is 15.9 Å². The highest BCUT2D eigenvalue weighted by molar-refractivity contribution is 9.10. The van der Waals surface area contributed by atoms with Crippen molar-refractivity contribution in [2.45, 2.75) is 33.0 Å². The molecule has 0 aliphatic rings. The van der Waals surface area contributed by atoms with Gasteiger partial charge in [-0.3, -0.25) is 14.3 Å². The van der Waals surface area contributed by atoms with E-state index in [2.05, 4.69) is 31.3 Å². The van der Waals surface area contributed by atoms with Gasteiger partial charge in [-0.05, 0) is 48.0 Å². The Balaban J connectivity index is 1.82. The number of carbonyl (C=O) groups excluding carboxylic acids is 2. The smallest absolute Gasteiger partial charge is 0.365 e. The molecule has 4 aromatic heterocycles. The van der Waals surface area contributed by atoms with Crippen LogP contribution in [0.1, 0.15) is 38.1 Å². The molecular formula is C21H15BrF5N5O2S2. The summed E-state index contributed by atoms with van der Waals surface area (Å²) in [5.74, 6) is -1.74. The Kier molecular flexibility index (Phi) is 6.92. The highest BCUT2D eigenvalue weighted by atomic mass is 79.9. The molecule has 4 rings (SSSR count). The second kappa shape index (κ2) is 9.52. The maximum atomic E-state index is 13.6. The summed E-state index contributed by atoms with van der Waals surface area (Å²) in [6.45, 7) is 2.55. The zero-order valence-electron chi connectivity index (χ0n) is 18.3. The molecule has 4 aromatic rings. The maximum Gasteiger partial charge on any atom is 0.436 e. The van der Waals surface area contributed by atoms with Crippen LogP contribution < -0.4 is 11.1 Å². The minimum absolute atomic E-state index is 0.0512. The molecule has 4 heterocycles. The number of thiophene rings is 2. The molecule has 0 saturated carbocycles. The van der Waals surface area contributed by atoms with Crippen molar-refractivity contribution in [3.8, 4) is 10.4 Å². The van der Waals surface area contributed by atoms with Crippen LogP contribution in [0.5, 0.6) is 0 Å². The number of fused-ring (bicyclic) bond motifs is 1. The second-order valence-electron chi connectivity index (χ2n) is 7.61. The van der Waals surface area contributed by atoms with E-state index in [-0.39, 0.29) is 30.9 Å². The topological polar surface area (TPSA) is 103 Å². The Morgan fingerprint density at radius 1 is 1.22 bits per heavy atom. The van der Waals surface area contributed by atoms with E-state index in [9.17, 15) is 31.5 Å². The van der Waals surface area contributed by atoms with E-state index in [1.807, 2.05) is 6.92 Å². The van der Waals surface area contributed by atoms with E-state index in [4.69, 9.17) is 5.73 Å². The van der Waals surface area contributed by atoms with Crippen LogP contribution in [-0.2, 0) is 17.5 Å². The number of nitrogens with zero attached hydrogens (tertiary/aromatic N) is 3. The highest BCUT2D eigenvalue weighted by Gasteiger charge is 2.38. The number of hydrogen-bond donors (Lipinski definition) is 2. The van der Waals surface area contributed by atoms with Crippen molar-refractivity contribution in [1.82, 2.24) is 14.8 Å². The van der Waals surface area contributed by atoms with Crippen molar-refractivity contribution in [3.63, 3.8) is 0 Å². The molecule has 0 aromatic carbocycles. The molecule has 3 N–H and O–H groups in total. The van der Waals surface area contributed by atoms with Crippen LogP contribution >= 0.6 is 38.6 Å². The first-order chi connectivity index (χ1) is 16.8. The molecule has 0 bridgehead atoms. The summed E-state index contributed by atoms with van der Waals surface area (Å²) >= 11 is 4.89. The van der Waals surface area contributed by atoms with Gasteiger partial charge in [-0.25, -0.2) is 13.8 Å². The van der Waals surface area contributed by atoms with E-state index in [1.165, 1.54) is 24.3 Å². The molecule has 15 heteroatoms. The number of rotatable bonds is 6. The quantitative estimate of drug-likeness (QED) is 0.251. The second-order valence-corrected chi connectivity index (χ2v) is 10.7. The number of carbonyl (C=O) groups is 2. The molecule has 0 aliphatic carbocycles. The van der Waals surface area contributed by atoms with Crippen LogP contribution in [0.3, 0.4) is 0 Å². The molecule has 7 nitrogen and oxygen atoms in total. The predicted octanol–water partition coefficient (Wildman–Crippen LogP) is 6.29. The first-order valence-electron chi connectivity index (χ1n) is 10.00. The van der Waals surface area contributed by atoms with Gasteiger partial charge in [0.25, 0.3) is 12.3 Å². The molecule has 0 saturated heterocycles. The standard InChI is InChI=1S/C21H15BrF5N5O2S2/c1-7-3-4-11(35-7)9-5-10(18(23)24)29-20-13(9)15(16(36-20)19(28)34)30-12(33)6-32-8(2)14(22)17(31-32)21(25,26)27/h3-5,18H,6H2,1-2H3,(H2,28,34)(H,30,33). The fourth-order valence-electron chi connectivity index (χ4n) is 3.47. The van der Waals surface area contributed by atoms with Crippen LogP contribution in [0.2, 0.25) is 0 Å². The molecule has 2 amide bonds. The fraction of sp³-hybridized carbons (Fsp3) is 0.238. The number of amides is 2. The highest BCUT2D eigenvalue weighted by Crippen LogP contribution is 2.44. The van der Waals surface area contributed by atoms with Gasteiger partial charge in [-0.1, -0.05) is 0 Å². The molecular weight excluding hydrogens is 593 g/mol. The molecule has 0 aliphatic heterocycles. The summed E-state index contributed by atoms with van der Waals surface area (Å²) in [6, 6.07) is 4.67. The summed E-state index contributed by atoms with van der Waals surface area (Å²) in [6.07, 6.45) is -7.63. The van der Waals surface area contributed by atoms with Crippen molar-refractivity contribution in [1.29, 1.82) is 0 Å². The van der Waals surface area contributed by atoms with E-state index in [1.54, 1.807) is 12.1 Å². The van der Waals surface area contributed by atoms with E-state index < -0.39 is 42.3 Å². The SMILES string of the molecule is Cc1ccc(-c2cc(C(F)F)nc3sc(C(N)=O)c(NC(=O)Cn4nc(C(F)(F)F)c(Br)c4C)c23)s1. The lowest BCUT2D eigenvalue weighted by Gasteiger charge is -2.10. The van der Waals surface area contributed by atoms with Crippen LogP contribution in [0.4, 0.5) is 27.6 Å². The van der Waals surface area contributed by atoms with Crippen LogP contribution in [0, 0.1) is 13.8 Å². The fourth-order valence-corrected chi connectivity index (χ4v) is 5.88. The van der Waals surface area contributed by atoms with Crippen molar-refractivity contribution in [2.75, 3.05) is 5.32 Å². The number of hydrogen-bond acceptors (Lipinski definition) is 6. The van der Waals surface area contributed by atoms with Gasteiger partial charge in [0, 0.05) is 20.7 Å². The average molecular weight is 608 g/mol. The molecule has 36 heavy (non-hydrogen) atoms. The zero-order valence-corrected chi connectivity index (χ0v) is 21.6. The Morgan fingerprint density at radius 2 is 1.92 bits per heavy atom. The van der Waals surface area contributed by atoms with Gasteiger partial charge < -0.3 is 11.1 Å². The number of nitrogens with one attached hydrogen (secondary N) is 1. The van der Waals surface area contributed by atoms with Crippen molar-refractivity contribution in [3.05, 3.63) is 49.5 Å². The third kappa shape index (κ3) is 4.86. The largest absolute Gasteiger partial charge is 0.436 e. The lowest BCUT2D eigenvalue weighted by atomic mass is 10.1. The van der Waals surface area contributed by atoms with Gasteiger partial charge in [0.15, 0.2) is 5.69 Å². The van der Waals surface area contributed by atoms with Gasteiger partial charge in [0.1, 0.15) is 21.9 Å². The number of halogens is 6. The van der Waals surface area contributed by atoms with E-state index in [0.29, 0.717) is 10.4 Å². The minimum Gasteiger partial charge on any atom is -0.365 e. The first kappa shape index (κ1) is 26.2. The zero-order chi connectivity index (χ0) is 26.5. The van der Waals surface area contributed by atoms with Crippen LogP contribution in [0.25, 0.3) is 20.7 Å². The third-order valence-electron chi connectivity index (χ3n) is 5.09. The summed E-state index contributed by atoms with van der Waals surface area (Å²) in [4.78, 5) is 30.4. The maximum absolute atomic E-state index is 13.6. The van der Waals surface area contributed by atoms with Crippen molar-refractivity contribution >= 4 is 66.3 Å². The van der Waals surface area contributed by atoms with Gasteiger partial charge in [-0.2, -0.15) is 18.3 Å². The van der Waals surface area contributed by atoms with E-state index in [0.717, 1.165) is 20.9 Å². The van der Waals surface area contributed by atoms with Crippen LogP contribution in [-0.4, -0.2) is 26.6 Å². The number of aryl methyl sites for hydroxylation is 1. The van der Waals surface area contributed by atoms with Crippen molar-refractivity contribution < 1.29 is 31.5 Å². The molecule has 0 fully saturated rings.